The molecule has 1 aliphatic carbocycles. The van der Waals surface area contributed by atoms with E-state index in [1.54, 1.807) is 29.9 Å². The van der Waals surface area contributed by atoms with E-state index in [1.165, 1.54) is 0 Å². The Labute approximate surface area is 217 Å². The van der Waals surface area contributed by atoms with Gasteiger partial charge in [-0.25, -0.2) is 4.98 Å². The molecule has 9 heteroatoms. The largest absolute Gasteiger partial charge is 0.340 e. The summed E-state index contributed by atoms with van der Waals surface area (Å²) >= 11 is 1.67. The molecular weight excluding hydrogens is 482 g/mol. The SMILES string of the molecule is CC(C)CC(=O)Nc1cncc(-c2cc3c(-c4nc5c([nH]4)CC=CC=C5c4ccsc4)n[nH]c3cn2)c1. The van der Waals surface area contributed by atoms with Crippen LogP contribution in [0.3, 0.4) is 0 Å². The van der Waals surface area contributed by atoms with Crippen molar-refractivity contribution in [2.75, 3.05) is 5.32 Å². The number of fused-ring (bicyclic) bond motifs is 2. The number of hydrogen-bond donors (Lipinski definition) is 3. The van der Waals surface area contributed by atoms with Gasteiger partial charge in [-0.3, -0.25) is 19.9 Å². The molecule has 0 bridgehead atoms. The maximum atomic E-state index is 12.2. The molecule has 5 heterocycles. The molecule has 0 saturated heterocycles. The van der Waals surface area contributed by atoms with Crippen molar-refractivity contribution in [2.45, 2.75) is 26.7 Å². The number of amides is 1. The Hall–Kier alpha value is -4.37. The molecule has 1 amide bonds. The number of H-pyrrole nitrogens is 2. The summed E-state index contributed by atoms with van der Waals surface area (Å²) in [5, 5.41) is 15.7. The summed E-state index contributed by atoms with van der Waals surface area (Å²) in [5.74, 6) is 0.958. The monoisotopic (exact) mass is 507 g/mol. The third-order valence-corrected chi connectivity index (χ3v) is 6.85. The second kappa shape index (κ2) is 9.59. The van der Waals surface area contributed by atoms with Crippen LogP contribution in [-0.4, -0.2) is 36.0 Å². The quantitative estimate of drug-likeness (QED) is 0.261. The highest BCUT2D eigenvalue weighted by Crippen LogP contribution is 2.33. The van der Waals surface area contributed by atoms with Gasteiger partial charge >= 0.3 is 0 Å². The van der Waals surface area contributed by atoms with Crippen LogP contribution in [0.2, 0.25) is 0 Å². The van der Waals surface area contributed by atoms with Crippen LogP contribution >= 0.6 is 11.3 Å². The highest BCUT2D eigenvalue weighted by atomic mass is 32.1. The van der Waals surface area contributed by atoms with Gasteiger partial charge in [0.2, 0.25) is 5.91 Å². The molecule has 6 rings (SSSR count). The molecule has 0 spiro atoms. The number of aromatic amines is 2. The molecule has 5 aromatic rings. The molecule has 3 N–H and O–H groups in total. The van der Waals surface area contributed by atoms with Gasteiger partial charge in [-0.15, -0.1) is 0 Å². The standard InChI is InChI=1S/C28H25N7OS/c1-16(2)9-25(36)31-19-10-18(12-29-13-19)23-11-21-24(14-30-23)34-35-27(21)28-32-22-6-4-3-5-20(26(22)33-28)17-7-8-37-15-17/h3-5,7-8,10-16H,6,9H2,1-2H3,(H,31,36)(H,32,33)(H,34,35). The number of nitrogens with one attached hydrogen (secondary N) is 3. The van der Waals surface area contributed by atoms with E-state index in [2.05, 4.69) is 65.5 Å². The number of pyridine rings is 2. The number of imidazole rings is 1. The van der Waals surface area contributed by atoms with Crippen molar-refractivity contribution in [3.8, 4) is 22.8 Å². The molecule has 0 aliphatic heterocycles. The van der Waals surface area contributed by atoms with E-state index in [1.807, 2.05) is 26.0 Å². The first-order valence-electron chi connectivity index (χ1n) is 12.1. The first-order valence-corrected chi connectivity index (χ1v) is 13.1. The van der Waals surface area contributed by atoms with Gasteiger partial charge in [0.25, 0.3) is 0 Å². The van der Waals surface area contributed by atoms with Crippen molar-refractivity contribution in [3.63, 3.8) is 0 Å². The van der Waals surface area contributed by atoms with Crippen LogP contribution in [0, 0.1) is 5.92 Å². The van der Waals surface area contributed by atoms with Gasteiger partial charge in [0.1, 0.15) is 5.69 Å². The lowest BCUT2D eigenvalue weighted by atomic mass is 10.0. The van der Waals surface area contributed by atoms with Gasteiger partial charge in [-0.05, 0) is 40.4 Å². The van der Waals surface area contributed by atoms with E-state index < -0.39 is 0 Å². The molecule has 8 nitrogen and oxygen atoms in total. The Morgan fingerprint density at radius 3 is 2.92 bits per heavy atom. The number of aromatic nitrogens is 6. The van der Waals surface area contributed by atoms with E-state index in [4.69, 9.17) is 4.98 Å². The molecule has 0 aromatic carbocycles. The van der Waals surface area contributed by atoms with Crippen LogP contribution in [0.25, 0.3) is 39.3 Å². The number of hydrogen-bond acceptors (Lipinski definition) is 6. The third-order valence-electron chi connectivity index (χ3n) is 6.17. The maximum absolute atomic E-state index is 12.2. The summed E-state index contributed by atoms with van der Waals surface area (Å²) < 4.78 is 0. The molecule has 0 fully saturated rings. The fourth-order valence-corrected chi connectivity index (χ4v) is 5.11. The number of nitrogens with zero attached hydrogens (tertiary/aromatic N) is 4. The van der Waals surface area contributed by atoms with Crippen LogP contribution in [0.4, 0.5) is 5.69 Å². The third kappa shape index (κ3) is 4.61. The van der Waals surface area contributed by atoms with Gasteiger partial charge < -0.3 is 10.3 Å². The molecule has 0 atom stereocenters. The highest BCUT2D eigenvalue weighted by molar-refractivity contribution is 7.08. The first kappa shape index (κ1) is 23.1. The topological polar surface area (TPSA) is 112 Å². The predicted octanol–water partition coefficient (Wildman–Crippen LogP) is 6.00. The smallest absolute Gasteiger partial charge is 0.224 e. The Bertz CT molecular complexity index is 1660. The summed E-state index contributed by atoms with van der Waals surface area (Å²) in [7, 11) is 0. The molecule has 184 valence electrons. The summed E-state index contributed by atoms with van der Waals surface area (Å²) in [4.78, 5) is 29.6. The normalized spacial score (nSPS) is 13.0. The fourth-order valence-electron chi connectivity index (χ4n) is 4.46. The van der Waals surface area contributed by atoms with Gasteiger partial charge in [-0.1, -0.05) is 32.1 Å². The lowest BCUT2D eigenvalue weighted by Crippen LogP contribution is -2.13. The summed E-state index contributed by atoms with van der Waals surface area (Å²) in [6, 6.07) is 5.98. The van der Waals surface area contributed by atoms with Gasteiger partial charge in [0, 0.05) is 41.3 Å². The molecule has 0 saturated carbocycles. The average Bonchev–Trinajstić information content (AvgIpc) is 3.62. The molecule has 0 radical (unpaired) electrons. The Morgan fingerprint density at radius 1 is 1.16 bits per heavy atom. The lowest BCUT2D eigenvalue weighted by molar-refractivity contribution is -0.116. The van der Waals surface area contributed by atoms with Crippen LogP contribution in [-0.2, 0) is 11.2 Å². The first-order chi connectivity index (χ1) is 18.0. The Kier molecular flexibility index (Phi) is 5.97. The zero-order valence-corrected chi connectivity index (χ0v) is 21.3. The molecule has 37 heavy (non-hydrogen) atoms. The van der Waals surface area contributed by atoms with Crippen LogP contribution < -0.4 is 5.32 Å². The minimum Gasteiger partial charge on any atom is -0.340 e. The van der Waals surface area contributed by atoms with E-state index in [-0.39, 0.29) is 11.8 Å². The second-order valence-corrected chi connectivity index (χ2v) is 10.2. The van der Waals surface area contributed by atoms with Crippen molar-refractivity contribution in [1.82, 2.24) is 30.1 Å². The van der Waals surface area contributed by atoms with E-state index in [9.17, 15) is 4.79 Å². The van der Waals surface area contributed by atoms with Crippen LogP contribution in [0.15, 0.2) is 65.8 Å². The van der Waals surface area contributed by atoms with Crippen LogP contribution in [0.5, 0.6) is 0 Å². The summed E-state index contributed by atoms with van der Waals surface area (Å²) in [6.45, 7) is 4.03. The molecular formula is C28H25N7OS. The molecule has 1 aliphatic rings. The molecule has 5 aromatic heterocycles. The van der Waals surface area contributed by atoms with E-state index >= 15 is 0 Å². The van der Waals surface area contributed by atoms with Gasteiger partial charge in [-0.2, -0.15) is 16.4 Å². The number of thiophene rings is 1. The van der Waals surface area contributed by atoms with Crippen LogP contribution in [0.1, 0.15) is 37.2 Å². The van der Waals surface area contributed by atoms with Crippen molar-refractivity contribution < 1.29 is 4.79 Å². The highest BCUT2D eigenvalue weighted by Gasteiger charge is 2.20. The minimum atomic E-state index is -0.0298. The number of allylic oxidation sites excluding steroid dienone is 3. The minimum absolute atomic E-state index is 0.0298. The van der Waals surface area contributed by atoms with Crippen molar-refractivity contribution in [3.05, 3.63) is 82.7 Å². The van der Waals surface area contributed by atoms with Gasteiger partial charge in [0.05, 0.1) is 35.0 Å². The summed E-state index contributed by atoms with van der Waals surface area (Å²) in [6.07, 6.45) is 12.7. The number of rotatable bonds is 6. The maximum Gasteiger partial charge on any atom is 0.224 e. The second-order valence-electron chi connectivity index (χ2n) is 9.43. The number of carbonyl (C=O) groups excluding carboxylic acids is 1. The van der Waals surface area contributed by atoms with Crippen molar-refractivity contribution in [1.29, 1.82) is 0 Å². The van der Waals surface area contributed by atoms with Gasteiger partial charge in [0.15, 0.2) is 5.82 Å². The fraction of sp³-hybridized carbons (Fsp3) is 0.179. The predicted molar refractivity (Wildman–Crippen MR) is 147 cm³/mol. The lowest BCUT2D eigenvalue weighted by Gasteiger charge is -2.08. The number of anilines is 1. The zero-order valence-electron chi connectivity index (χ0n) is 20.4. The molecule has 0 unspecified atom stereocenters. The average molecular weight is 508 g/mol. The van der Waals surface area contributed by atoms with Crippen molar-refractivity contribution >= 4 is 39.4 Å². The Balaban J connectivity index is 1.36. The van der Waals surface area contributed by atoms with E-state index in [0.717, 1.165) is 56.8 Å². The zero-order chi connectivity index (χ0) is 25.4. The van der Waals surface area contributed by atoms with E-state index in [0.29, 0.717) is 17.9 Å². The Morgan fingerprint density at radius 2 is 2.08 bits per heavy atom. The van der Waals surface area contributed by atoms with Crippen molar-refractivity contribution in [2.24, 2.45) is 5.92 Å². The number of carbonyl (C=O) groups is 1. The summed E-state index contributed by atoms with van der Waals surface area (Å²) in [5.41, 5.74) is 7.98.